The molecule has 2 amide bonds. The fourth-order valence-electron chi connectivity index (χ4n) is 4.48. The second-order valence-corrected chi connectivity index (χ2v) is 9.76. The zero-order valence-electron chi connectivity index (χ0n) is 18.9. The molecule has 1 heterocycles. The Bertz CT molecular complexity index is 1030. The quantitative estimate of drug-likeness (QED) is 0.469. The molecule has 2 unspecified atom stereocenters. The molecule has 4 rings (SSSR count). The number of carboxylic acids is 1. The average molecular weight is 485 g/mol. The first kappa shape index (κ1) is 24.1. The molecule has 2 aliphatic rings. The average Bonchev–Trinajstić information content (AvgIpc) is 3.35. The third-order valence-corrected chi connectivity index (χ3v) is 7.31. The van der Waals surface area contributed by atoms with Crippen LogP contribution in [0.3, 0.4) is 0 Å². The van der Waals surface area contributed by atoms with Gasteiger partial charge in [0.1, 0.15) is 6.61 Å². The lowest BCUT2D eigenvalue weighted by atomic mass is 9.84. The SMILES string of the molecule is CC1(C(=O)NCCSCC(=O)O)COCC1NC(=O)OCC1c2ccccc2-c2ccccc21. The lowest BCUT2D eigenvalue weighted by Gasteiger charge is -2.28. The lowest BCUT2D eigenvalue weighted by molar-refractivity contribution is -0.134. The fourth-order valence-corrected chi connectivity index (χ4v) is 5.04. The minimum Gasteiger partial charge on any atom is -0.481 e. The highest BCUT2D eigenvalue weighted by Gasteiger charge is 2.47. The van der Waals surface area contributed by atoms with E-state index in [2.05, 4.69) is 34.9 Å². The van der Waals surface area contributed by atoms with Crippen molar-refractivity contribution < 1.29 is 29.0 Å². The summed E-state index contributed by atoms with van der Waals surface area (Å²) in [6, 6.07) is 15.7. The highest BCUT2D eigenvalue weighted by molar-refractivity contribution is 7.99. The van der Waals surface area contributed by atoms with Crippen LogP contribution in [0.15, 0.2) is 48.5 Å². The van der Waals surface area contributed by atoms with E-state index in [0.29, 0.717) is 12.3 Å². The van der Waals surface area contributed by atoms with Crippen molar-refractivity contribution in [3.05, 3.63) is 59.7 Å². The maximum absolute atomic E-state index is 12.8. The second-order valence-electron chi connectivity index (χ2n) is 8.66. The lowest BCUT2D eigenvalue weighted by Crippen LogP contribution is -2.53. The van der Waals surface area contributed by atoms with Gasteiger partial charge in [-0.15, -0.1) is 11.8 Å². The third-order valence-electron chi connectivity index (χ3n) is 6.37. The summed E-state index contributed by atoms with van der Waals surface area (Å²) < 4.78 is 11.1. The largest absolute Gasteiger partial charge is 0.481 e. The number of carbonyl (C=O) groups is 3. The van der Waals surface area contributed by atoms with Crippen LogP contribution in [0.4, 0.5) is 4.79 Å². The van der Waals surface area contributed by atoms with E-state index in [4.69, 9.17) is 14.6 Å². The smallest absolute Gasteiger partial charge is 0.407 e. The number of hydrogen-bond donors (Lipinski definition) is 3. The van der Waals surface area contributed by atoms with Gasteiger partial charge in [-0.25, -0.2) is 4.79 Å². The summed E-state index contributed by atoms with van der Waals surface area (Å²) >= 11 is 1.23. The van der Waals surface area contributed by atoms with Crippen LogP contribution in [0, 0.1) is 5.41 Å². The van der Waals surface area contributed by atoms with Gasteiger partial charge in [0.2, 0.25) is 5.91 Å². The Balaban J connectivity index is 1.32. The first-order valence-corrected chi connectivity index (χ1v) is 12.3. The molecule has 1 aliphatic heterocycles. The summed E-state index contributed by atoms with van der Waals surface area (Å²) in [6.07, 6.45) is -0.589. The number of rotatable bonds is 9. The molecule has 0 aromatic heterocycles. The first-order chi connectivity index (χ1) is 16.4. The van der Waals surface area contributed by atoms with Crippen molar-refractivity contribution >= 4 is 29.7 Å². The van der Waals surface area contributed by atoms with E-state index >= 15 is 0 Å². The number of aliphatic carboxylic acids is 1. The molecule has 180 valence electrons. The molecular weight excluding hydrogens is 456 g/mol. The first-order valence-electron chi connectivity index (χ1n) is 11.2. The van der Waals surface area contributed by atoms with E-state index in [1.165, 1.54) is 11.8 Å². The molecule has 1 saturated heterocycles. The van der Waals surface area contributed by atoms with E-state index in [1.54, 1.807) is 6.92 Å². The predicted molar refractivity (Wildman–Crippen MR) is 129 cm³/mol. The molecule has 8 nitrogen and oxygen atoms in total. The molecule has 9 heteroatoms. The van der Waals surface area contributed by atoms with Gasteiger partial charge in [0.25, 0.3) is 0 Å². The Morgan fingerprint density at radius 1 is 1.12 bits per heavy atom. The molecule has 2 atom stereocenters. The Hall–Kier alpha value is -3.04. The van der Waals surface area contributed by atoms with E-state index in [-0.39, 0.29) is 37.4 Å². The maximum atomic E-state index is 12.8. The van der Waals surface area contributed by atoms with Gasteiger partial charge >= 0.3 is 12.1 Å². The molecule has 1 fully saturated rings. The number of ether oxygens (including phenoxy) is 2. The minimum absolute atomic E-state index is 0.0117. The van der Waals surface area contributed by atoms with Crippen LogP contribution < -0.4 is 10.6 Å². The third kappa shape index (κ3) is 5.05. The molecular formula is C25H28N2O6S. The number of hydrogen-bond acceptors (Lipinski definition) is 6. The minimum atomic E-state index is -0.941. The number of thioether (sulfide) groups is 1. The van der Waals surface area contributed by atoms with Crippen molar-refractivity contribution in [1.82, 2.24) is 10.6 Å². The Morgan fingerprint density at radius 3 is 2.41 bits per heavy atom. The van der Waals surface area contributed by atoms with E-state index in [9.17, 15) is 14.4 Å². The standard InChI is InChI=1S/C25H28N2O6S/c1-25(23(30)26-10-11-34-14-22(28)29)15-32-13-21(25)27-24(31)33-12-20-18-8-4-2-6-16(18)17-7-3-5-9-19(17)20/h2-9,20-21H,10-15H2,1H3,(H,26,30)(H,27,31)(H,28,29). The number of benzene rings is 2. The maximum Gasteiger partial charge on any atom is 0.407 e. The Kier molecular flexibility index (Phi) is 7.43. The van der Waals surface area contributed by atoms with Crippen molar-refractivity contribution in [2.24, 2.45) is 5.41 Å². The number of carboxylic acid groups (broad SMARTS) is 1. The summed E-state index contributed by atoms with van der Waals surface area (Å²) in [5.41, 5.74) is 3.63. The van der Waals surface area contributed by atoms with Gasteiger partial charge in [-0.05, 0) is 29.2 Å². The van der Waals surface area contributed by atoms with Crippen molar-refractivity contribution in [3.8, 4) is 11.1 Å². The number of nitrogens with one attached hydrogen (secondary N) is 2. The highest BCUT2D eigenvalue weighted by Crippen LogP contribution is 2.44. The second kappa shape index (κ2) is 10.5. The van der Waals surface area contributed by atoms with Crippen molar-refractivity contribution in [1.29, 1.82) is 0 Å². The summed E-state index contributed by atoms with van der Waals surface area (Å²) in [4.78, 5) is 36.0. The van der Waals surface area contributed by atoms with Crippen LogP contribution >= 0.6 is 11.8 Å². The molecule has 0 saturated carbocycles. The number of amides is 2. The highest BCUT2D eigenvalue weighted by atomic mass is 32.2. The number of fused-ring (bicyclic) bond motifs is 3. The van der Waals surface area contributed by atoms with E-state index in [1.807, 2.05) is 24.3 Å². The fraction of sp³-hybridized carbons (Fsp3) is 0.400. The summed E-state index contributed by atoms with van der Waals surface area (Å²) in [5.74, 6) is -0.706. The van der Waals surface area contributed by atoms with Crippen LogP contribution in [-0.4, -0.2) is 67.0 Å². The summed E-state index contributed by atoms with van der Waals surface area (Å²) in [5, 5.41) is 14.3. The van der Waals surface area contributed by atoms with Gasteiger partial charge in [-0.3, -0.25) is 9.59 Å². The van der Waals surface area contributed by atoms with E-state index in [0.717, 1.165) is 22.3 Å². The summed E-state index contributed by atoms with van der Waals surface area (Å²) in [6.45, 7) is 2.66. The molecule has 1 aliphatic carbocycles. The zero-order valence-corrected chi connectivity index (χ0v) is 19.7. The van der Waals surface area contributed by atoms with Crippen molar-refractivity contribution in [2.75, 3.05) is 37.9 Å². The van der Waals surface area contributed by atoms with Gasteiger partial charge in [0, 0.05) is 18.2 Å². The normalized spacial score (nSPS) is 20.9. The molecule has 0 radical (unpaired) electrons. The van der Waals surface area contributed by atoms with Crippen molar-refractivity contribution in [2.45, 2.75) is 18.9 Å². The Labute approximate surface area is 202 Å². The van der Waals surface area contributed by atoms with Crippen LogP contribution in [0.1, 0.15) is 24.0 Å². The zero-order chi connectivity index (χ0) is 24.1. The predicted octanol–water partition coefficient (Wildman–Crippen LogP) is 2.86. The van der Waals surface area contributed by atoms with Crippen LogP contribution in [0.2, 0.25) is 0 Å². The molecule has 0 bridgehead atoms. The number of carbonyl (C=O) groups excluding carboxylic acids is 2. The summed E-state index contributed by atoms with van der Waals surface area (Å²) in [7, 11) is 0. The number of alkyl carbamates (subject to hydrolysis) is 1. The van der Waals surface area contributed by atoms with Gasteiger partial charge in [0.15, 0.2) is 0 Å². The molecule has 3 N–H and O–H groups in total. The Morgan fingerprint density at radius 2 is 1.76 bits per heavy atom. The molecule has 2 aromatic carbocycles. The molecule has 0 spiro atoms. The van der Waals surface area contributed by atoms with Gasteiger partial charge in [-0.1, -0.05) is 48.5 Å². The van der Waals surface area contributed by atoms with Crippen molar-refractivity contribution in [3.63, 3.8) is 0 Å². The van der Waals surface area contributed by atoms with Gasteiger partial charge in [-0.2, -0.15) is 0 Å². The van der Waals surface area contributed by atoms with Crippen LogP contribution in [0.25, 0.3) is 11.1 Å². The van der Waals surface area contributed by atoms with E-state index < -0.39 is 23.5 Å². The monoisotopic (exact) mass is 484 g/mol. The van der Waals surface area contributed by atoms with Crippen LogP contribution in [-0.2, 0) is 19.1 Å². The van der Waals surface area contributed by atoms with Gasteiger partial charge < -0.3 is 25.2 Å². The topological polar surface area (TPSA) is 114 Å². The molecule has 34 heavy (non-hydrogen) atoms. The molecule has 2 aromatic rings. The van der Waals surface area contributed by atoms with Crippen LogP contribution in [0.5, 0.6) is 0 Å². The van der Waals surface area contributed by atoms with Gasteiger partial charge in [0.05, 0.1) is 30.4 Å².